The van der Waals surface area contributed by atoms with Crippen LogP contribution in [-0.4, -0.2) is 60.2 Å². The van der Waals surface area contributed by atoms with E-state index in [0.29, 0.717) is 23.8 Å². The van der Waals surface area contributed by atoms with Crippen LogP contribution in [0.2, 0.25) is 0 Å². The lowest BCUT2D eigenvalue weighted by atomic mass is 10.1. The Balaban J connectivity index is 1.40. The van der Waals surface area contributed by atoms with Crippen LogP contribution in [0, 0.1) is 6.92 Å². The number of ether oxygens (including phenoxy) is 1. The van der Waals surface area contributed by atoms with E-state index >= 15 is 0 Å². The summed E-state index contributed by atoms with van der Waals surface area (Å²) in [5.74, 6) is 1.29. The van der Waals surface area contributed by atoms with Gasteiger partial charge in [-0.05, 0) is 25.1 Å². The molecule has 0 unspecified atom stereocenters. The number of hydrogen-bond acceptors (Lipinski definition) is 6. The molecular formula is C24H27N5O2. The number of carbonyl (C=O) groups is 1. The Hall–Kier alpha value is -3.29. The fourth-order valence-corrected chi connectivity index (χ4v) is 3.53. The van der Waals surface area contributed by atoms with Gasteiger partial charge in [0.25, 0.3) is 5.91 Å². The lowest BCUT2D eigenvalue weighted by Crippen LogP contribution is -2.41. The average Bonchev–Trinajstić information content (AvgIpc) is 2.80. The van der Waals surface area contributed by atoms with Crippen LogP contribution in [0.5, 0.6) is 0 Å². The topological polar surface area (TPSA) is 79.4 Å². The van der Waals surface area contributed by atoms with Crippen LogP contribution in [0.25, 0.3) is 11.3 Å². The third kappa shape index (κ3) is 5.87. The summed E-state index contributed by atoms with van der Waals surface area (Å²) in [5, 5.41) is 6.31. The van der Waals surface area contributed by atoms with Gasteiger partial charge in [-0.3, -0.25) is 9.69 Å². The van der Waals surface area contributed by atoms with E-state index in [1.54, 1.807) is 0 Å². The van der Waals surface area contributed by atoms with E-state index in [1.165, 1.54) is 0 Å². The molecule has 4 rings (SSSR count). The zero-order chi connectivity index (χ0) is 21.5. The number of anilines is 2. The number of aromatic nitrogens is 2. The number of carbonyl (C=O) groups excluding carboxylic acids is 1. The quantitative estimate of drug-likeness (QED) is 0.614. The zero-order valence-corrected chi connectivity index (χ0v) is 17.7. The molecule has 7 heteroatoms. The second kappa shape index (κ2) is 10.1. The molecule has 0 aliphatic carbocycles. The van der Waals surface area contributed by atoms with Gasteiger partial charge in [-0.15, -0.1) is 0 Å². The third-order valence-electron chi connectivity index (χ3n) is 5.12. The molecule has 1 aliphatic rings. The summed E-state index contributed by atoms with van der Waals surface area (Å²) < 4.78 is 5.35. The van der Waals surface area contributed by atoms with E-state index in [9.17, 15) is 4.79 Å². The number of aryl methyl sites for hydroxylation is 1. The summed E-state index contributed by atoms with van der Waals surface area (Å²) in [6.07, 6.45) is 0. The first-order valence-corrected chi connectivity index (χ1v) is 10.5. The van der Waals surface area contributed by atoms with E-state index in [0.717, 1.165) is 49.8 Å². The summed E-state index contributed by atoms with van der Waals surface area (Å²) in [7, 11) is 0. The molecule has 1 saturated heterocycles. The van der Waals surface area contributed by atoms with Gasteiger partial charge in [-0.1, -0.05) is 36.4 Å². The van der Waals surface area contributed by atoms with Gasteiger partial charge in [0, 0.05) is 49.1 Å². The van der Waals surface area contributed by atoms with Gasteiger partial charge in [0.1, 0.15) is 11.6 Å². The third-order valence-corrected chi connectivity index (χ3v) is 5.12. The first-order chi connectivity index (χ1) is 15.2. The van der Waals surface area contributed by atoms with E-state index in [4.69, 9.17) is 4.74 Å². The Labute approximate surface area is 182 Å². The molecule has 3 aromatic rings. The molecule has 160 valence electrons. The predicted octanol–water partition coefficient (Wildman–Crippen LogP) is 3.26. The first-order valence-electron chi connectivity index (χ1n) is 10.5. The summed E-state index contributed by atoms with van der Waals surface area (Å²) in [6.45, 7) is 6.66. The minimum absolute atomic E-state index is 0.0826. The normalized spacial score (nSPS) is 14.2. The van der Waals surface area contributed by atoms with Crippen LogP contribution in [0.1, 0.15) is 16.2 Å². The minimum Gasteiger partial charge on any atom is -0.379 e. The number of hydrogen-bond donors (Lipinski definition) is 2. The summed E-state index contributed by atoms with van der Waals surface area (Å²) in [4.78, 5) is 23.9. The maximum atomic E-state index is 12.6. The molecule has 1 aliphatic heterocycles. The standard InChI is InChI=1S/C24H27N5O2/c1-18-26-22(19-6-3-2-4-7-19)17-23(27-18)28-21-9-5-8-20(16-21)24(30)25-10-11-29-12-14-31-15-13-29/h2-9,16-17H,10-15H2,1H3,(H,25,30)(H,26,27,28). The van der Waals surface area contributed by atoms with Crippen molar-refractivity contribution in [1.29, 1.82) is 0 Å². The molecular weight excluding hydrogens is 390 g/mol. The number of nitrogens with one attached hydrogen (secondary N) is 2. The highest BCUT2D eigenvalue weighted by molar-refractivity contribution is 5.95. The number of rotatable bonds is 7. The van der Waals surface area contributed by atoms with Crippen molar-refractivity contribution in [3.8, 4) is 11.3 Å². The van der Waals surface area contributed by atoms with E-state index in [1.807, 2.05) is 67.6 Å². The van der Waals surface area contributed by atoms with Crippen molar-refractivity contribution in [3.63, 3.8) is 0 Å². The number of nitrogens with zero attached hydrogens (tertiary/aromatic N) is 3. The summed E-state index contributed by atoms with van der Waals surface area (Å²) in [6, 6.07) is 19.4. The molecule has 0 radical (unpaired) electrons. The second-order valence-electron chi connectivity index (χ2n) is 7.47. The highest BCUT2D eigenvalue weighted by Gasteiger charge is 2.12. The fraction of sp³-hybridized carbons (Fsp3) is 0.292. The van der Waals surface area contributed by atoms with Gasteiger partial charge in [0.15, 0.2) is 0 Å². The number of morpholine rings is 1. The second-order valence-corrected chi connectivity index (χ2v) is 7.47. The van der Waals surface area contributed by atoms with Crippen LogP contribution in [0.3, 0.4) is 0 Å². The molecule has 1 fully saturated rings. The Morgan fingerprint density at radius 2 is 1.84 bits per heavy atom. The van der Waals surface area contributed by atoms with Gasteiger partial charge in [-0.25, -0.2) is 9.97 Å². The van der Waals surface area contributed by atoms with E-state index in [2.05, 4.69) is 25.5 Å². The Kier molecular flexibility index (Phi) is 6.86. The lowest BCUT2D eigenvalue weighted by molar-refractivity contribution is 0.0383. The summed E-state index contributed by atoms with van der Waals surface area (Å²) >= 11 is 0. The van der Waals surface area contributed by atoms with Gasteiger partial charge in [-0.2, -0.15) is 0 Å². The molecule has 0 bridgehead atoms. The predicted molar refractivity (Wildman–Crippen MR) is 122 cm³/mol. The van der Waals surface area contributed by atoms with Crippen molar-refractivity contribution in [2.24, 2.45) is 0 Å². The lowest BCUT2D eigenvalue weighted by Gasteiger charge is -2.26. The molecule has 2 N–H and O–H groups in total. The molecule has 0 saturated carbocycles. The summed E-state index contributed by atoms with van der Waals surface area (Å²) in [5.41, 5.74) is 3.30. The van der Waals surface area contributed by atoms with Crippen LogP contribution < -0.4 is 10.6 Å². The fourth-order valence-electron chi connectivity index (χ4n) is 3.53. The van der Waals surface area contributed by atoms with Crippen molar-refractivity contribution in [2.45, 2.75) is 6.92 Å². The van der Waals surface area contributed by atoms with Crippen molar-refractivity contribution in [1.82, 2.24) is 20.2 Å². The average molecular weight is 418 g/mol. The molecule has 0 spiro atoms. The molecule has 1 aromatic heterocycles. The Morgan fingerprint density at radius 3 is 2.65 bits per heavy atom. The zero-order valence-electron chi connectivity index (χ0n) is 17.7. The first kappa shape index (κ1) is 21.0. The van der Waals surface area contributed by atoms with Gasteiger partial charge < -0.3 is 15.4 Å². The molecule has 31 heavy (non-hydrogen) atoms. The molecule has 0 atom stereocenters. The molecule has 2 heterocycles. The number of benzene rings is 2. The molecule has 7 nitrogen and oxygen atoms in total. The maximum absolute atomic E-state index is 12.6. The smallest absolute Gasteiger partial charge is 0.251 e. The maximum Gasteiger partial charge on any atom is 0.251 e. The highest BCUT2D eigenvalue weighted by Crippen LogP contribution is 2.22. The van der Waals surface area contributed by atoms with Crippen molar-refractivity contribution < 1.29 is 9.53 Å². The van der Waals surface area contributed by atoms with Crippen molar-refractivity contribution in [3.05, 3.63) is 72.1 Å². The Morgan fingerprint density at radius 1 is 1.03 bits per heavy atom. The molecule has 2 aromatic carbocycles. The van der Waals surface area contributed by atoms with Crippen molar-refractivity contribution in [2.75, 3.05) is 44.7 Å². The molecule has 1 amide bonds. The van der Waals surface area contributed by atoms with Crippen LogP contribution in [0.15, 0.2) is 60.7 Å². The highest BCUT2D eigenvalue weighted by atomic mass is 16.5. The van der Waals surface area contributed by atoms with Crippen LogP contribution in [0.4, 0.5) is 11.5 Å². The van der Waals surface area contributed by atoms with Crippen LogP contribution >= 0.6 is 0 Å². The van der Waals surface area contributed by atoms with Gasteiger partial charge >= 0.3 is 0 Å². The minimum atomic E-state index is -0.0826. The monoisotopic (exact) mass is 417 g/mol. The SMILES string of the molecule is Cc1nc(Nc2cccc(C(=O)NCCN3CCOCC3)c2)cc(-c2ccccc2)n1. The van der Waals surface area contributed by atoms with Gasteiger partial charge in [0.05, 0.1) is 18.9 Å². The van der Waals surface area contributed by atoms with E-state index in [-0.39, 0.29) is 5.91 Å². The van der Waals surface area contributed by atoms with Crippen LogP contribution in [-0.2, 0) is 4.74 Å². The largest absolute Gasteiger partial charge is 0.379 e. The van der Waals surface area contributed by atoms with Crippen molar-refractivity contribution >= 4 is 17.4 Å². The Bertz CT molecular complexity index is 1020. The number of amides is 1. The van der Waals surface area contributed by atoms with Gasteiger partial charge in [0.2, 0.25) is 0 Å². The van der Waals surface area contributed by atoms with E-state index < -0.39 is 0 Å².